The maximum absolute atomic E-state index is 13.6. The maximum atomic E-state index is 13.6. The average Bonchev–Trinajstić information content (AvgIpc) is 2.46. The standard InChI is InChI=1S/C16H25FN2O/c1-19(12-13-7-10-20-11-8-13)9-6-16(18)14-4-2-3-5-15(14)17/h2-5,13,16H,6-12,18H2,1H3. The van der Waals surface area contributed by atoms with Gasteiger partial charge < -0.3 is 15.4 Å². The van der Waals surface area contributed by atoms with Crippen molar-refractivity contribution in [3.63, 3.8) is 0 Å². The Balaban J connectivity index is 1.75. The molecule has 0 saturated carbocycles. The summed E-state index contributed by atoms with van der Waals surface area (Å²) in [5, 5.41) is 0. The van der Waals surface area contributed by atoms with E-state index in [-0.39, 0.29) is 11.9 Å². The molecule has 4 heteroatoms. The summed E-state index contributed by atoms with van der Waals surface area (Å²) in [7, 11) is 2.11. The Morgan fingerprint density at radius 2 is 2.05 bits per heavy atom. The number of hydrogen-bond donors (Lipinski definition) is 1. The summed E-state index contributed by atoms with van der Waals surface area (Å²) < 4.78 is 19.0. The first-order valence-corrected chi connectivity index (χ1v) is 7.43. The van der Waals surface area contributed by atoms with Crippen LogP contribution in [-0.4, -0.2) is 38.3 Å². The van der Waals surface area contributed by atoms with Crippen LogP contribution in [0.3, 0.4) is 0 Å². The molecule has 1 saturated heterocycles. The number of benzene rings is 1. The van der Waals surface area contributed by atoms with Crippen LogP contribution in [0.5, 0.6) is 0 Å². The van der Waals surface area contributed by atoms with Crippen LogP contribution in [0, 0.1) is 11.7 Å². The Kier molecular flexibility index (Phi) is 5.95. The second-order valence-electron chi connectivity index (χ2n) is 5.73. The molecule has 112 valence electrons. The highest BCUT2D eigenvalue weighted by Gasteiger charge is 2.17. The highest BCUT2D eigenvalue weighted by molar-refractivity contribution is 5.20. The van der Waals surface area contributed by atoms with Gasteiger partial charge in [-0.05, 0) is 44.8 Å². The highest BCUT2D eigenvalue weighted by Crippen LogP contribution is 2.19. The van der Waals surface area contributed by atoms with Crippen molar-refractivity contribution >= 4 is 0 Å². The van der Waals surface area contributed by atoms with Crippen LogP contribution in [0.2, 0.25) is 0 Å². The van der Waals surface area contributed by atoms with Gasteiger partial charge in [-0.3, -0.25) is 0 Å². The zero-order valence-corrected chi connectivity index (χ0v) is 12.2. The van der Waals surface area contributed by atoms with Crippen LogP contribution in [-0.2, 0) is 4.74 Å². The molecule has 1 unspecified atom stereocenters. The van der Waals surface area contributed by atoms with Gasteiger partial charge in [0.15, 0.2) is 0 Å². The van der Waals surface area contributed by atoms with Gasteiger partial charge in [-0.1, -0.05) is 18.2 Å². The third-order valence-electron chi connectivity index (χ3n) is 4.04. The van der Waals surface area contributed by atoms with Crippen LogP contribution in [0.1, 0.15) is 30.9 Å². The third kappa shape index (κ3) is 4.54. The molecule has 0 aromatic heterocycles. The van der Waals surface area contributed by atoms with Gasteiger partial charge in [0.2, 0.25) is 0 Å². The number of rotatable bonds is 6. The molecule has 0 radical (unpaired) electrons. The first kappa shape index (κ1) is 15.4. The van der Waals surface area contributed by atoms with Crippen molar-refractivity contribution in [1.29, 1.82) is 0 Å². The molecule has 2 N–H and O–H groups in total. The van der Waals surface area contributed by atoms with Gasteiger partial charge in [-0.2, -0.15) is 0 Å². The van der Waals surface area contributed by atoms with Crippen molar-refractivity contribution in [2.75, 3.05) is 33.4 Å². The second kappa shape index (κ2) is 7.72. The quantitative estimate of drug-likeness (QED) is 0.870. The molecule has 0 aliphatic carbocycles. The molecule has 0 bridgehead atoms. The minimum atomic E-state index is -0.228. The van der Waals surface area contributed by atoms with E-state index in [1.54, 1.807) is 12.1 Å². The lowest BCUT2D eigenvalue weighted by atomic mass is 9.99. The number of hydrogen-bond acceptors (Lipinski definition) is 3. The van der Waals surface area contributed by atoms with Gasteiger partial charge in [0.1, 0.15) is 5.82 Å². The molecule has 1 aromatic carbocycles. The molecule has 0 amide bonds. The van der Waals surface area contributed by atoms with Crippen molar-refractivity contribution in [1.82, 2.24) is 4.90 Å². The fourth-order valence-electron chi connectivity index (χ4n) is 2.75. The topological polar surface area (TPSA) is 38.5 Å². The molecule has 1 atom stereocenters. The molecule has 1 heterocycles. The van der Waals surface area contributed by atoms with E-state index in [2.05, 4.69) is 11.9 Å². The lowest BCUT2D eigenvalue weighted by Crippen LogP contribution is -2.31. The number of halogens is 1. The first-order chi connectivity index (χ1) is 9.66. The third-order valence-corrected chi connectivity index (χ3v) is 4.04. The first-order valence-electron chi connectivity index (χ1n) is 7.43. The van der Waals surface area contributed by atoms with E-state index in [0.717, 1.165) is 51.5 Å². The molecular formula is C16H25FN2O. The zero-order chi connectivity index (χ0) is 14.4. The summed E-state index contributed by atoms with van der Waals surface area (Å²) in [6.07, 6.45) is 3.06. The fourth-order valence-corrected chi connectivity index (χ4v) is 2.75. The smallest absolute Gasteiger partial charge is 0.127 e. The zero-order valence-electron chi connectivity index (χ0n) is 12.2. The molecule has 3 nitrogen and oxygen atoms in total. The van der Waals surface area contributed by atoms with Gasteiger partial charge in [0, 0.05) is 31.4 Å². The van der Waals surface area contributed by atoms with Gasteiger partial charge in [-0.15, -0.1) is 0 Å². The Morgan fingerprint density at radius 3 is 2.75 bits per heavy atom. The number of nitrogens with two attached hydrogens (primary N) is 1. The molecule has 20 heavy (non-hydrogen) atoms. The Hall–Kier alpha value is -0.970. The van der Waals surface area contributed by atoms with Gasteiger partial charge in [0.05, 0.1) is 0 Å². The Labute approximate surface area is 120 Å². The minimum absolute atomic E-state index is 0.202. The van der Waals surface area contributed by atoms with E-state index in [1.165, 1.54) is 6.07 Å². The molecule has 1 fully saturated rings. The average molecular weight is 280 g/mol. The van der Waals surface area contributed by atoms with Crippen LogP contribution in [0.4, 0.5) is 4.39 Å². The summed E-state index contributed by atoms with van der Waals surface area (Å²) in [5.74, 6) is 0.519. The monoisotopic (exact) mass is 280 g/mol. The summed E-state index contributed by atoms with van der Waals surface area (Å²) in [6, 6.07) is 6.56. The lowest BCUT2D eigenvalue weighted by molar-refractivity contribution is 0.0554. The van der Waals surface area contributed by atoms with Crippen molar-refractivity contribution in [3.8, 4) is 0 Å². The number of nitrogens with zero attached hydrogens (tertiary/aromatic N) is 1. The minimum Gasteiger partial charge on any atom is -0.381 e. The van der Waals surface area contributed by atoms with E-state index in [4.69, 9.17) is 10.5 Å². The summed E-state index contributed by atoms with van der Waals surface area (Å²) in [6.45, 7) is 3.74. The summed E-state index contributed by atoms with van der Waals surface area (Å²) in [4.78, 5) is 2.30. The maximum Gasteiger partial charge on any atom is 0.127 e. The van der Waals surface area contributed by atoms with Crippen molar-refractivity contribution < 1.29 is 9.13 Å². The van der Waals surface area contributed by atoms with Crippen LogP contribution in [0.25, 0.3) is 0 Å². The fraction of sp³-hybridized carbons (Fsp3) is 0.625. The van der Waals surface area contributed by atoms with Gasteiger partial charge >= 0.3 is 0 Å². The molecule has 1 aliphatic heterocycles. The lowest BCUT2D eigenvalue weighted by Gasteiger charge is -2.27. The molecule has 1 aliphatic rings. The Morgan fingerprint density at radius 1 is 1.35 bits per heavy atom. The largest absolute Gasteiger partial charge is 0.381 e. The predicted molar refractivity (Wildman–Crippen MR) is 79.0 cm³/mol. The van der Waals surface area contributed by atoms with E-state index in [9.17, 15) is 4.39 Å². The second-order valence-corrected chi connectivity index (χ2v) is 5.73. The van der Waals surface area contributed by atoms with E-state index in [0.29, 0.717) is 5.56 Å². The van der Waals surface area contributed by atoms with Crippen molar-refractivity contribution in [2.24, 2.45) is 11.7 Å². The van der Waals surface area contributed by atoms with Gasteiger partial charge in [-0.25, -0.2) is 4.39 Å². The molecular weight excluding hydrogens is 255 g/mol. The van der Waals surface area contributed by atoms with Crippen LogP contribution >= 0.6 is 0 Å². The summed E-state index contributed by atoms with van der Waals surface area (Å²) >= 11 is 0. The SMILES string of the molecule is CN(CCC(N)c1ccccc1F)CC1CCOCC1. The van der Waals surface area contributed by atoms with Crippen LogP contribution < -0.4 is 5.73 Å². The van der Waals surface area contributed by atoms with E-state index in [1.807, 2.05) is 6.07 Å². The Bertz CT molecular complexity index is 407. The molecule has 2 rings (SSSR count). The molecule has 0 spiro atoms. The van der Waals surface area contributed by atoms with Crippen molar-refractivity contribution in [2.45, 2.75) is 25.3 Å². The molecule has 1 aromatic rings. The van der Waals surface area contributed by atoms with Crippen molar-refractivity contribution in [3.05, 3.63) is 35.6 Å². The van der Waals surface area contributed by atoms with E-state index >= 15 is 0 Å². The predicted octanol–water partition coefficient (Wildman–Crippen LogP) is 2.57. The van der Waals surface area contributed by atoms with E-state index < -0.39 is 0 Å². The van der Waals surface area contributed by atoms with Crippen LogP contribution in [0.15, 0.2) is 24.3 Å². The summed E-state index contributed by atoms with van der Waals surface area (Å²) in [5.41, 5.74) is 6.71. The highest BCUT2D eigenvalue weighted by atomic mass is 19.1. The normalized spacial score (nSPS) is 18.4. The van der Waals surface area contributed by atoms with Gasteiger partial charge in [0.25, 0.3) is 0 Å². The number of ether oxygens (including phenoxy) is 1.